The van der Waals surface area contributed by atoms with E-state index >= 15 is 0 Å². The van der Waals surface area contributed by atoms with E-state index in [2.05, 4.69) is 52.5 Å². The van der Waals surface area contributed by atoms with Crippen LogP contribution in [-0.4, -0.2) is 23.2 Å². The number of hydrogen-bond acceptors (Lipinski definition) is 4. The van der Waals surface area contributed by atoms with Crippen LogP contribution in [0.3, 0.4) is 0 Å². The number of anilines is 1. The standard InChI is InChI=1S/C18H19N4.W.Y/c1-14(2)9-11-20-17(15-7-5-4-6-8-15)13-16-10-12-21-18(19-3)22-16;;/h4-5,7-8,10,12,14H,9H2,1-3H3,(H,19,21,22);;/q-3;+2;. The third-order valence-electron chi connectivity index (χ3n) is 2.80. The van der Waals surface area contributed by atoms with Crippen molar-refractivity contribution < 1.29 is 53.8 Å². The minimum Gasteiger partial charge on any atom is -0.481 e. The molecular weight excluding hydrogens is 545 g/mol. The second-order valence-electron chi connectivity index (χ2n) is 5.15. The van der Waals surface area contributed by atoms with Crippen molar-refractivity contribution in [2.45, 2.75) is 20.3 Å². The maximum Gasteiger partial charge on any atom is 2.00 e. The molecule has 0 fully saturated rings. The Morgan fingerprint density at radius 3 is 2.79 bits per heavy atom. The van der Waals surface area contributed by atoms with Gasteiger partial charge < -0.3 is 10.3 Å². The van der Waals surface area contributed by atoms with Crippen molar-refractivity contribution in [3.05, 3.63) is 59.9 Å². The van der Waals surface area contributed by atoms with E-state index in [-0.39, 0.29) is 53.8 Å². The number of aliphatic imine (C=N–C) groups is 1. The summed E-state index contributed by atoms with van der Waals surface area (Å²) in [6, 6.07) is 12.5. The van der Waals surface area contributed by atoms with Crippen molar-refractivity contribution in [2.24, 2.45) is 10.9 Å². The molecule has 1 heterocycles. The molecule has 0 saturated carbocycles. The van der Waals surface area contributed by atoms with Gasteiger partial charge in [0.1, 0.15) is 0 Å². The topological polar surface area (TPSA) is 50.2 Å². The molecule has 0 aliphatic heterocycles. The quantitative estimate of drug-likeness (QED) is 0.432. The van der Waals surface area contributed by atoms with E-state index < -0.39 is 0 Å². The molecule has 1 aromatic heterocycles. The Morgan fingerprint density at radius 1 is 1.38 bits per heavy atom. The van der Waals surface area contributed by atoms with Crippen LogP contribution in [0.5, 0.6) is 0 Å². The molecule has 2 aromatic rings. The molecule has 24 heavy (non-hydrogen) atoms. The normalized spacial score (nSPS) is 11.1. The predicted octanol–water partition coefficient (Wildman–Crippen LogP) is 3.50. The van der Waals surface area contributed by atoms with Crippen LogP contribution < -0.4 is 5.32 Å². The molecule has 0 saturated heterocycles. The first-order valence-electron chi connectivity index (χ1n) is 7.24. The summed E-state index contributed by atoms with van der Waals surface area (Å²) >= 11 is 0. The number of nitrogens with one attached hydrogen (secondary N) is 1. The first-order valence-corrected chi connectivity index (χ1v) is 7.24. The number of benzene rings is 1. The summed E-state index contributed by atoms with van der Waals surface area (Å²) < 4.78 is 0. The molecule has 0 aliphatic rings. The van der Waals surface area contributed by atoms with Gasteiger partial charge in [-0.25, -0.2) is 27.3 Å². The molecule has 0 atom stereocenters. The van der Waals surface area contributed by atoms with Gasteiger partial charge in [-0.3, -0.25) is 0 Å². The van der Waals surface area contributed by atoms with E-state index in [1.807, 2.05) is 24.3 Å². The molecule has 1 N–H and O–H groups in total. The van der Waals surface area contributed by atoms with Crippen molar-refractivity contribution in [1.29, 1.82) is 0 Å². The molecule has 0 bridgehead atoms. The predicted molar refractivity (Wildman–Crippen MR) is 89.5 cm³/mol. The molecule has 1 aromatic carbocycles. The fourth-order valence-electron chi connectivity index (χ4n) is 1.68. The van der Waals surface area contributed by atoms with Crippen LogP contribution >= 0.6 is 0 Å². The molecule has 4 nitrogen and oxygen atoms in total. The second-order valence-corrected chi connectivity index (χ2v) is 5.15. The first-order chi connectivity index (χ1) is 10.7. The molecule has 0 amide bonds. The average Bonchev–Trinajstić information content (AvgIpc) is 2.54. The minimum absolute atomic E-state index is 0. The average molecular weight is 564 g/mol. The van der Waals surface area contributed by atoms with Gasteiger partial charge in [-0.1, -0.05) is 31.9 Å². The molecule has 1 radical (unpaired) electrons. The number of hydrogen-bond donors (Lipinski definition) is 1. The van der Waals surface area contributed by atoms with Gasteiger partial charge >= 0.3 is 21.1 Å². The van der Waals surface area contributed by atoms with E-state index in [0.29, 0.717) is 23.3 Å². The van der Waals surface area contributed by atoms with Crippen molar-refractivity contribution in [3.8, 4) is 0 Å². The Bertz CT molecular complexity index is 657. The van der Waals surface area contributed by atoms with Crippen LogP contribution in [0, 0.1) is 18.1 Å². The summed E-state index contributed by atoms with van der Waals surface area (Å²) in [5.74, 6) is 1.07. The van der Waals surface area contributed by atoms with Crippen molar-refractivity contribution in [2.75, 3.05) is 12.4 Å². The summed E-state index contributed by atoms with van der Waals surface area (Å²) in [7, 11) is 1.78. The third-order valence-corrected chi connectivity index (χ3v) is 2.80. The first kappa shape index (κ1) is 23.3. The van der Waals surface area contributed by atoms with Crippen molar-refractivity contribution in [1.82, 2.24) is 9.97 Å². The zero-order valence-electron chi connectivity index (χ0n) is 14.1. The van der Waals surface area contributed by atoms with Crippen LogP contribution in [0.1, 0.15) is 31.5 Å². The molecule has 0 unspecified atom stereocenters. The Morgan fingerprint density at radius 2 is 2.17 bits per heavy atom. The molecule has 6 heteroatoms. The van der Waals surface area contributed by atoms with Crippen LogP contribution in [0.2, 0.25) is 0 Å². The van der Waals surface area contributed by atoms with Gasteiger partial charge in [0.05, 0.1) is 0 Å². The fraction of sp³-hybridized carbons (Fsp3) is 0.278. The number of aromatic nitrogens is 2. The second kappa shape index (κ2) is 12.6. The Labute approximate surface area is 183 Å². The number of rotatable bonds is 6. The maximum atomic E-state index is 4.44. The third kappa shape index (κ3) is 7.92. The zero-order chi connectivity index (χ0) is 15.8. The largest absolute Gasteiger partial charge is 2.00 e. The van der Waals surface area contributed by atoms with E-state index in [9.17, 15) is 0 Å². The summed E-state index contributed by atoms with van der Waals surface area (Å²) in [4.78, 5) is 12.9. The number of nitrogens with zero attached hydrogens (tertiary/aromatic N) is 3. The molecule has 0 aliphatic carbocycles. The Balaban J connectivity index is 0.00000264. The summed E-state index contributed by atoms with van der Waals surface area (Å²) in [5.41, 5.74) is 2.30. The van der Waals surface area contributed by atoms with Gasteiger partial charge in [0.2, 0.25) is 5.95 Å². The SMILES string of the molecule is CNc1nccc([C-]=C(N=[C-]CC(C)C)c2c[c-]ccc2)n1.[W+2].[Y]. The fourth-order valence-corrected chi connectivity index (χ4v) is 1.68. The van der Waals surface area contributed by atoms with Gasteiger partial charge in [-0.2, -0.15) is 36.5 Å². The van der Waals surface area contributed by atoms with Crippen molar-refractivity contribution >= 4 is 17.9 Å². The van der Waals surface area contributed by atoms with E-state index in [0.717, 1.165) is 12.0 Å². The summed E-state index contributed by atoms with van der Waals surface area (Å²) in [5, 5.41) is 2.91. The molecule has 2 rings (SSSR count). The van der Waals surface area contributed by atoms with Crippen molar-refractivity contribution in [3.63, 3.8) is 0 Å². The van der Waals surface area contributed by atoms with Crippen LogP contribution in [0.25, 0.3) is 5.70 Å². The van der Waals surface area contributed by atoms with Gasteiger partial charge in [-0.05, 0) is 6.20 Å². The molecule has 121 valence electrons. The molecular formula is C18H19N4WY-. The molecule has 0 spiro atoms. The van der Waals surface area contributed by atoms with Gasteiger partial charge in [0.25, 0.3) is 0 Å². The zero-order valence-corrected chi connectivity index (χ0v) is 19.8. The Hall–Kier alpha value is -0.698. The Kier molecular flexibility index (Phi) is 12.3. The smallest absolute Gasteiger partial charge is 0.481 e. The van der Waals surface area contributed by atoms with Gasteiger partial charge in [0, 0.05) is 39.8 Å². The maximum absolute atomic E-state index is 4.44. The van der Waals surface area contributed by atoms with E-state index in [4.69, 9.17) is 0 Å². The van der Waals surface area contributed by atoms with Crippen LogP contribution in [0.15, 0.2) is 41.5 Å². The van der Waals surface area contributed by atoms with E-state index in [1.54, 1.807) is 19.3 Å². The van der Waals surface area contributed by atoms with Gasteiger partial charge in [-0.15, -0.1) is 6.07 Å². The van der Waals surface area contributed by atoms with Crippen LogP contribution in [0.4, 0.5) is 5.95 Å². The summed E-state index contributed by atoms with van der Waals surface area (Å²) in [6.07, 6.45) is 8.80. The van der Waals surface area contributed by atoms with E-state index in [1.165, 1.54) is 0 Å². The summed E-state index contributed by atoms with van der Waals surface area (Å²) in [6.45, 7) is 4.27. The van der Waals surface area contributed by atoms with Gasteiger partial charge in [0.15, 0.2) is 0 Å². The minimum atomic E-state index is 0. The van der Waals surface area contributed by atoms with Crippen LogP contribution in [-0.2, 0) is 53.8 Å². The monoisotopic (exact) mass is 564 g/mol.